The number of aryl methyl sites for hydroxylation is 2. The Morgan fingerprint density at radius 2 is 2.17 bits per heavy atom. The summed E-state index contributed by atoms with van der Waals surface area (Å²) in [4.78, 5) is 35.5. The van der Waals surface area contributed by atoms with Gasteiger partial charge >= 0.3 is 0 Å². The summed E-state index contributed by atoms with van der Waals surface area (Å²) in [6.45, 7) is 5.75. The largest absolute Gasteiger partial charge is 0.300 e. The quantitative estimate of drug-likeness (QED) is 0.786. The summed E-state index contributed by atoms with van der Waals surface area (Å²) >= 11 is 2.84. The van der Waals surface area contributed by atoms with Crippen molar-refractivity contribution in [2.75, 3.05) is 5.32 Å². The number of thiazole rings is 1. The van der Waals surface area contributed by atoms with Crippen LogP contribution in [0.1, 0.15) is 29.8 Å². The zero-order valence-corrected chi connectivity index (χ0v) is 14.6. The molecule has 6 nitrogen and oxygen atoms in total. The lowest BCUT2D eigenvalue weighted by atomic mass is 10.2. The zero-order chi connectivity index (χ0) is 16.6. The van der Waals surface area contributed by atoms with E-state index >= 15 is 0 Å². The Hall–Kier alpha value is -2.06. The van der Waals surface area contributed by atoms with E-state index in [-0.39, 0.29) is 11.5 Å². The van der Waals surface area contributed by atoms with Crippen LogP contribution in [0.3, 0.4) is 0 Å². The summed E-state index contributed by atoms with van der Waals surface area (Å²) in [6.07, 6.45) is 3.58. The minimum absolute atomic E-state index is 0.169. The summed E-state index contributed by atoms with van der Waals surface area (Å²) in [5.41, 5.74) is 0.769. The topological polar surface area (TPSA) is 76.9 Å². The first-order valence-electron chi connectivity index (χ1n) is 7.20. The van der Waals surface area contributed by atoms with Crippen molar-refractivity contribution in [3.05, 3.63) is 38.7 Å². The maximum Gasteiger partial charge on any atom is 0.263 e. The molecule has 120 valence electrons. The van der Waals surface area contributed by atoms with Crippen molar-refractivity contribution in [2.24, 2.45) is 0 Å². The number of anilines is 1. The molecule has 3 aromatic heterocycles. The van der Waals surface area contributed by atoms with Crippen LogP contribution in [0.2, 0.25) is 0 Å². The van der Waals surface area contributed by atoms with Gasteiger partial charge in [0.05, 0.1) is 11.7 Å². The Labute approximate surface area is 140 Å². The Morgan fingerprint density at radius 1 is 1.39 bits per heavy atom. The Morgan fingerprint density at radius 3 is 2.83 bits per heavy atom. The number of nitrogens with one attached hydrogen (secondary N) is 1. The molecule has 3 rings (SSSR count). The van der Waals surface area contributed by atoms with Crippen molar-refractivity contribution in [1.29, 1.82) is 0 Å². The first-order chi connectivity index (χ1) is 11.0. The predicted molar refractivity (Wildman–Crippen MR) is 93.4 cm³/mol. The monoisotopic (exact) mass is 348 g/mol. The second kappa shape index (κ2) is 6.21. The van der Waals surface area contributed by atoms with Crippen LogP contribution in [-0.2, 0) is 4.79 Å². The van der Waals surface area contributed by atoms with Gasteiger partial charge in [0.1, 0.15) is 10.9 Å². The molecule has 1 amide bonds. The van der Waals surface area contributed by atoms with Crippen molar-refractivity contribution in [1.82, 2.24) is 14.5 Å². The van der Waals surface area contributed by atoms with Crippen LogP contribution < -0.4 is 10.9 Å². The maximum absolute atomic E-state index is 12.8. The van der Waals surface area contributed by atoms with Gasteiger partial charge in [-0.3, -0.25) is 14.2 Å². The highest BCUT2D eigenvalue weighted by Gasteiger charge is 2.23. The Balaban J connectivity index is 2.03. The molecule has 0 aromatic carbocycles. The van der Waals surface area contributed by atoms with Gasteiger partial charge in [0.2, 0.25) is 5.91 Å². The van der Waals surface area contributed by atoms with Crippen molar-refractivity contribution >= 4 is 43.9 Å². The van der Waals surface area contributed by atoms with Crippen LogP contribution in [0.5, 0.6) is 0 Å². The standard InChI is InChI=1S/C15H16N4O2S2/c1-4-10(12(20)18-15-16-5-6-22-15)19-7-17-13-11(14(19)21)8(2)9(3)23-13/h5-7,10H,4H2,1-3H3,(H,16,18,20)/t10-/m0/s1. The number of thiophene rings is 1. The van der Waals surface area contributed by atoms with E-state index in [0.717, 1.165) is 15.3 Å². The van der Waals surface area contributed by atoms with E-state index in [1.165, 1.54) is 33.6 Å². The summed E-state index contributed by atoms with van der Waals surface area (Å²) in [7, 11) is 0. The molecule has 0 fully saturated rings. The number of carbonyl (C=O) groups is 1. The number of rotatable bonds is 4. The summed E-state index contributed by atoms with van der Waals surface area (Å²) in [5, 5.41) is 5.67. The molecule has 0 saturated heterocycles. The molecule has 1 atom stereocenters. The number of aromatic nitrogens is 3. The van der Waals surface area contributed by atoms with E-state index in [2.05, 4.69) is 15.3 Å². The number of carbonyl (C=O) groups excluding carboxylic acids is 1. The van der Waals surface area contributed by atoms with Crippen LogP contribution in [-0.4, -0.2) is 20.4 Å². The average molecular weight is 348 g/mol. The molecule has 0 bridgehead atoms. The fourth-order valence-electron chi connectivity index (χ4n) is 2.45. The maximum atomic E-state index is 12.8. The van der Waals surface area contributed by atoms with Crippen molar-refractivity contribution in [2.45, 2.75) is 33.2 Å². The molecule has 0 unspecified atom stereocenters. The first kappa shape index (κ1) is 15.8. The molecule has 0 aliphatic rings. The summed E-state index contributed by atoms with van der Waals surface area (Å²) < 4.78 is 1.42. The van der Waals surface area contributed by atoms with Gasteiger partial charge in [-0.2, -0.15) is 0 Å². The first-order valence-corrected chi connectivity index (χ1v) is 8.89. The van der Waals surface area contributed by atoms with Crippen LogP contribution in [0.25, 0.3) is 10.2 Å². The highest BCUT2D eigenvalue weighted by molar-refractivity contribution is 7.18. The minimum atomic E-state index is -0.608. The van der Waals surface area contributed by atoms with Gasteiger partial charge < -0.3 is 5.32 Å². The second-order valence-electron chi connectivity index (χ2n) is 5.17. The third kappa shape index (κ3) is 2.79. The van der Waals surface area contributed by atoms with E-state index in [9.17, 15) is 9.59 Å². The molecule has 8 heteroatoms. The van der Waals surface area contributed by atoms with E-state index in [0.29, 0.717) is 16.9 Å². The molecular weight excluding hydrogens is 332 g/mol. The number of amides is 1. The van der Waals surface area contributed by atoms with Gasteiger partial charge in [-0.15, -0.1) is 22.7 Å². The van der Waals surface area contributed by atoms with Gasteiger partial charge in [-0.1, -0.05) is 6.92 Å². The zero-order valence-electron chi connectivity index (χ0n) is 13.0. The molecule has 23 heavy (non-hydrogen) atoms. The normalized spacial score (nSPS) is 12.5. The van der Waals surface area contributed by atoms with Crippen LogP contribution in [0.15, 0.2) is 22.7 Å². The van der Waals surface area contributed by atoms with Crippen molar-refractivity contribution in [3.63, 3.8) is 0 Å². The lowest BCUT2D eigenvalue weighted by Gasteiger charge is -2.16. The number of nitrogens with zero attached hydrogens (tertiary/aromatic N) is 3. The van der Waals surface area contributed by atoms with Crippen molar-refractivity contribution in [3.8, 4) is 0 Å². The molecule has 3 heterocycles. The van der Waals surface area contributed by atoms with E-state index in [4.69, 9.17) is 0 Å². The molecular formula is C15H16N4O2S2. The highest BCUT2D eigenvalue weighted by Crippen LogP contribution is 2.26. The molecule has 0 spiro atoms. The van der Waals surface area contributed by atoms with E-state index in [1.54, 1.807) is 11.6 Å². The fourth-order valence-corrected chi connectivity index (χ4v) is 3.97. The molecule has 0 radical (unpaired) electrons. The van der Waals surface area contributed by atoms with Gasteiger partial charge in [0.25, 0.3) is 5.56 Å². The van der Waals surface area contributed by atoms with Crippen molar-refractivity contribution < 1.29 is 4.79 Å². The van der Waals surface area contributed by atoms with Gasteiger partial charge in [0, 0.05) is 16.5 Å². The Kier molecular flexibility index (Phi) is 4.27. The number of fused-ring (bicyclic) bond motifs is 1. The lowest BCUT2D eigenvalue weighted by molar-refractivity contribution is -0.119. The summed E-state index contributed by atoms with van der Waals surface area (Å²) in [6, 6.07) is -0.608. The predicted octanol–water partition coefficient (Wildman–Crippen LogP) is 3.12. The van der Waals surface area contributed by atoms with Gasteiger partial charge in [0.15, 0.2) is 5.13 Å². The van der Waals surface area contributed by atoms with Gasteiger partial charge in [-0.05, 0) is 25.8 Å². The SMILES string of the molecule is CC[C@@H](C(=O)Nc1nccs1)n1cnc2sc(C)c(C)c2c1=O. The smallest absolute Gasteiger partial charge is 0.263 e. The third-order valence-corrected chi connectivity index (χ3v) is 5.61. The van der Waals surface area contributed by atoms with Gasteiger partial charge in [-0.25, -0.2) is 9.97 Å². The van der Waals surface area contributed by atoms with E-state index in [1.807, 2.05) is 20.8 Å². The third-order valence-electron chi connectivity index (χ3n) is 3.80. The Bertz CT molecular complexity index is 912. The van der Waals surface area contributed by atoms with Crippen LogP contribution in [0, 0.1) is 13.8 Å². The number of hydrogen-bond acceptors (Lipinski definition) is 6. The molecule has 0 aliphatic heterocycles. The molecule has 1 N–H and O–H groups in total. The average Bonchev–Trinajstić information content (AvgIpc) is 3.11. The fraction of sp³-hybridized carbons (Fsp3) is 0.333. The lowest BCUT2D eigenvalue weighted by Crippen LogP contribution is -2.33. The van der Waals surface area contributed by atoms with E-state index < -0.39 is 6.04 Å². The highest BCUT2D eigenvalue weighted by atomic mass is 32.1. The molecule has 0 saturated carbocycles. The van der Waals surface area contributed by atoms with Crippen LogP contribution >= 0.6 is 22.7 Å². The number of hydrogen-bond donors (Lipinski definition) is 1. The van der Waals surface area contributed by atoms with Crippen LogP contribution in [0.4, 0.5) is 5.13 Å². The molecule has 0 aliphatic carbocycles. The minimum Gasteiger partial charge on any atom is -0.300 e. The molecule has 3 aromatic rings. The summed E-state index contributed by atoms with van der Waals surface area (Å²) in [5.74, 6) is -0.254. The second-order valence-corrected chi connectivity index (χ2v) is 7.27.